The first-order chi connectivity index (χ1) is 13.1. The van der Waals surface area contributed by atoms with Crippen molar-refractivity contribution in [3.05, 3.63) is 41.7 Å². The lowest BCUT2D eigenvalue weighted by molar-refractivity contribution is -0.134. The van der Waals surface area contributed by atoms with Gasteiger partial charge >= 0.3 is 5.97 Å². The quantitative estimate of drug-likeness (QED) is 0.740. The van der Waals surface area contributed by atoms with E-state index in [-0.39, 0.29) is 24.2 Å². The lowest BCUT2D eigenvalue weighted by atomic mass is 10.1. The minimum atomic E-state index is -1.18. The molecule has 3 rings (SSSR count). The monoisotopic (exact) mass is 374 g/mol. The van der Waals surface area contributed by atoms with Crippen molar-refractivity contribution in [1.29, 1.82) is 0 Å². The van der Waals surface area contributed by atoms with E-state index in [1.165, 1.54) is 10.9 Å². The van der Waals surface area contributed by atoms with E-state index in [1.807, 2.05) is 24.3 Å². The van der Waals surface area contributed by atoms with Crippen LogP contribution in [0.3, 0.4) is 0 Å². The largest absolute Gasteiger partial charge is 0.496 e. The molecule has 0 bridgehead atoms. The molecule has 1 N–H and O–H groups in total. The van der Waals surface area contributed by atoms with Crippen LogP contribution < -0.4 is 4.74 Å². The molecule has 27 heavy (non-hydrogen) atoms. The standard InChI is InChI=1S/C18H22N4O5/c1-26-16-7-3-2-5-13(16)9-21(10-14-6-4-8-27-14)17(23)12-22-11-15(18(24)25)19-20-22/h2-3,5,7,11,14H,4,6,8-10,12H2,1H3,(H,24,25). The number of para-hydroxylation sites is 1. The summed E-state index contributed by atoms with van der Waals surface area (Å²) < 4.78 is 12.3. The number of carbonyl (C=O) groups excluding carboxylic acids is 1. The first kappa shape index (κ1) is 18.8. The SMILES string of the molecule is COc1ccccc1CN(CC1CCCO1)C(=O)Cn1cc(C(=O)O)nn1. The van der Waals surface area contributed by atoms with Crippen LogP contribution in [-0.4, -0.2) is 63.2 Å². The van der Waals surface area contributed by atoms with Crippen molar-refractivity contribution in [2.75, 3.05) is 20.3 Å². The van der Waals surface area contributed by atoms with Gasteiger partial charge in [0.1, 0.15) is 12.3 Å². The Morgan fingerprint density at radius 2 is 2.22 bits per heavy atom. The molecule has 0 spiro atoms. The van der Waals surface area contributed by atoms with E-state index in [1.54, 1.807) is 12.0 Å². The highest BCUT2D eigenvalue weighted by molar-refractivity contribution is 5.84. The van der Waals surface area contributed by atoms with Gasteiger partial charge in [-0.1, -0.05) is 23.4 Å². The second-order valence-electron chi connectivity index (χ2n) is 6.33. The molecule has 9 heteroatoms. The molecule has 1 aliphatic heterocycles. The first-order valence-electron chi connectivity index (χ1n) is 8.71. The van der Waals surface area contributed by atoms with E-state index < -0.39 is 5.97 Å². The molecule has 1 atom stereocenters. The molecule has 1 saturated heterocycles. The van der Waals surface area contributed by atoms with E-state index in [4.69, 9.17) is 14.6 Å². The van der Waals surface area contributed by atoms with Crippen molar-refractivity contribution < 1.29 is 24.2 Å². The smallest absolute Gasteiger partial charge is 0.358 e. The van der Waals surface area contributed by atoms with Gasteiger partial charge in [-0.2, -0.15) is 0 Å². The van der Waals surface area contributed by atoms with Crippen LogP contribution in [0.15, 0.2) is 30.5 Å². The fourth-order valence-corrected chi connectivity index (χ4v) is 3.04. The Labute approximate surface area is 156 Å². The van der Waals surface area contributed by atoms with Crippen LogP contribution in [0.5, 0.6) is 5.75 Å². The summed E-state index contributed by atoms with van der Waals surface area (Å²) in [6.45, 7) is 1.43. The summed E-state index contributed by atoms with van der Waals surface area (Å²) in [6.07, 6.45) is 3.12. The molecule has 1 aromatic heterocycles. The summed E-state index contributed by atoms with van der Waals surface area (Å²) in [6, 6.07) is 7.52. The molecule has 0 radical (unpaired) electrons. The van der Waals surface area contributed by atoms with E-state index in [2.05, 4.69) is 10.3 Å². The van der Waals surface area contributed by atoms with Crippen molar-refractivity contribution >= 4 is 11.9 Å². The predicted octanol–water partition coefficient (Wildman–Crippen LogP) is 1.19. The highest BCUT2D eigenvalue weighted by Crippen LogP contribution is 2.21. The van der Waals surface area contributed by atoms with Crippen LogP contribution >= 0.6 is 0 Å². The summed E-state index contributed by atoms with van der Waals surface area (Å²) >= 11 is 0. The molecule has 0 aliphatic carbocycles. The van der Waals surface area contributed by atoms with Gasteiger partial charge in [-0.3, -0.25) is 4.79 Å². The summed E-state index contributed by atoms with van der Waals surface area (Å²) in [5.74, 6) is -0.672. The molecule has 1 amide bonds. The Kier molecular flexibility index (Phi) is 6.02. The molecule has 0 saturated carbocycles. The highest BCUT2D eigenvalue weighted by Gasteiger charge is 2.24. The summed E-state index contributed by atoms with van der Waals surface area (Å²) in [5.41, 5.74) is 0.689. The number of methoxy groups -OCH3 is 1. The zero-order chi connectivity index (χ0) is 19.2. The van der Waals surface area contributed by atoms with Crippen LogP contribution in [-0.2, 0) is 22.6 Å². The number of rotatable bonds is 8. The van der Waals surface area contributed by atoms with Gasteiger partial charge in [0.25, 0.3) is 0 Å². The fourth-order valence-electron chi connectivity index (χ4n) is 3.04. The summed E-state index contributed by atoms with van der Waals surface area (Å²) in [5, 5.41) is 16.2. The third kappa shape index (κ3) is 4.82. The van der Waals surface area contributed by atoms with Crippen molar-refractivity contribution in [2.45, 2.75) is 32.0 Å². The Bertz CT molecular complexity index is 801. The van der Waals surface area contributed by atoms with Crippen molar-refractivity contribution in [3.63, 3.8) is 0 Å². The number of hydrogen-bond donors (Lipinski definition) is 1. The summed E-state index contributed by atoms with van der Waals surface area (Å²) in [4.78, 5) is 25.5. The number of amides is 1. The minimum Gasteiger partial charge on any atom is -0.496 e. The predicted molar refractivity (Wildman–Crippen MR) is 94.4 cm³/mol. The fraction of sp³-hybridized carbons (Fsp3) is 0.444. The molecular weight excluding hydrogens is 352 g/mol. The molecule has 1 aromatic carbocycles. The maximum Gasteiger partial charge on any atom is 0.358 e. The number of carbonyl (C=O) groups is 2. The number of carboxylic acids is 1. The topological polar surface area (TPSA) is 107 Å². The van der Waals surface area contributed by atoms with Gasteiger partial charge in [0.05, 0.1) is 19.4 Å². The van der Waals surface area contributed by atoms with Crippen LogP contribution in [0.1, 0.15) is 28.9 Å². The van der Waals surface area contributed by atoms with E-state index in [9.17, 15) is 9.59 Å². The Hall–Kier alpha value is -2.94. The van der Waals surface area contributed by atoms with Gasteiger partial charge in [0.15, 0.2) is 5.69 Å². The molecule has 9 nitrogen and oxygen atoms in total. The number of carboxylic acid groups (broad SMARTS) is 1. The summed E-state index contributed by atoms with van der Waals surface area (Å²) in [7, 11) is 1.59. The molecule has 1 aliphatic rings. The van der Waals surface area contributed by atoms with E-state index in [0.717, 1.165) is 18.4 Å². The highest BCUT2D eigenvalue weighted by atomic mass is 16.5. The average molecular weight is 374 g/mol. The van der Waals surface area contributed by atoms with Crippen LogP contribution in [0.25, 0.3) is 0 Å². The molecule has 1 fully saturated rings. The number of benzene rings is 1. The number of nitrogens with zero attached hydrogens (tertiary/aromatic N) is 4. The number of ether oxygens (including phenoxy) is 2. The normalized spacial score (nSPS) is 16.3. The van der Waals surface area contributed by atoms with Gasteiger partial charge in [0, 0.05) is 25.3 Å². The van der Waals surface area contributed by atoms with Crippen LogP contribution in [0, 0.1) is 0 Å². The first-order valence-corrected chi connectivity index (χ1v) is 8.71. The Morgan fingerprint density at radius 3 is 2.89 bits per heavy atom. The lowest BCUT2D eigenvalue weighted by Crippen LogP contribution is -2.39. The maximum atomic E-state index is 12.9. The molecular formula is C18H22N4O5. The van der Waals surface area contributed by atoms with Gasteiger partial charge in [-0.05, 0) is 18.9 Å². The minimum absolute atomic E-state index is 0.00557. The molecule has 2 aromatic rings. The molecule has 144 valence electrons. The van der Waals surface area contributed by atoms with Crippen molar-refractivity contribution in [2.24, 2.45) is 0 Å². The number of aromatic carboxylic acids is 1. The van der Waals surface area contributed by atoms with Crippen molar-refractivity contribution in [1.82, 2.24) is 19.9 Å². The van der Waals surface area contributed by atoms with Gasteiger partial charge in [0.2, 0.25) is 5.91 Å². The zero-order valence-corrected chi connectivity index (χ0v) is 15.1. The van der Waals surface area contributed by atoms with Crippen LogP contribution in [0.4, 0.5) is 0 Å². The third-order valence-corrected chi connectivity index (χ3v) is 4.41. The molecule has 1 unspecified atom stereocenters. The second-order valence-corrected chi connectivity index (χ2v) is 6.33. The van der Waals surface area contributed by atoms with Crippen molar-refractivity contribution in [3.8, 4) is 5.75 Å². The van der Waals surface area contributed by atoms with E-state index >= 15 is 0 Å². The second kappa shape index (κ2) is 8.63. The van der Waals surface area contributed by atoms with Gasteiger partial charge in [-0.15, -0.1) is 5.10 Å². The van der Waals surface area contributed by atoms with Gasteiger partial charge < -0.3 is 19.5 Å². The average Bonchev–Trinajstić information content (AvgIpc) is 3.33. The Balaban J connectivity index is 1.75. The zero-order valence-electron chi connectivity index (χ0n) is 15.1. The Morgan fingerprint density at radius 1 is 1.41 bits per heavy atom. The van der Waals surface area contributed by atoms with Gasteiger partial charge in [-0.25, -0.2) is 9.48 Å². The maximum absolute atomic E-state index is 12.9. The van der Waals surface area contributed by atoms with Crippen LogP contribution in [0.2, 0.25) is 0 Å². The number of aromatic nitrogens is 3. The van der Waals surface area contributed by atoms with E-state index in [0.29, 0.717) is 25.4 Å². The lowest BCUT2D eigenvalue weighted by Gasteiger charge is -2.26. The molecule has 2 heterocycles. The number of hydrogen-bond acceptors (Lipinski definition) is 6. The third-order valence-electron chi connectivity index (χ3n) is 4.41.